The van der Waals surface area contributed by atoms with Crippen LogP contribution in [0.1, 0.15) is 17.2 Å². The van der Waals surface area contributed by atoms with Crippen molar-refractivity contribution >= 4 is 33.6 Å². The maximum atomic E-state index is 13.6. The van der Waals surface area contributed by atoms with Crippen LogP contribution in [-0.4, -0.2) is 48.4 Å². The van der Waals surface area contributed by atoms with Gasteiger partial charge >= 0.3 is 6.03 Å². The van der Waals surface area contributed by atoms with E-state index in [0.717, 1.165) is 27.0 Å². The lowest BCUT2D eigenvalue weighted by molar-refractivity contribution is -0.133. The average Bonchev–Trinajstić information content (AvgIpc) is 3.33. The molecule has 3 N–H and O–H groups in total. The number of halogens is 1. The molecule has 0 saturated heterocycles. The molecular formula is C25H26BrN5O2. The zero-order valence-corrected chi connectivity index (χ0v) is 20.0. The predicted molar refractivity (Wildman–Crippen MR) is 133 cm³/mol. The first-order valence-electron chi connectivity index (χ1n) is 10.6. The first-order chi connectivity index (χ1) is 15.9. The molecule has 0 fully saturated rings. The Morgan fingerprint density at radius 3 is 2.42 bits per heavy atom. The van der Waals surface area contributed by atoms with E-state index in [-0.39, 0.29) is 18.0 Å². The quantitative estimate of drug-likeness (QED) is 0.540. The van der Waals surface area contributed by atoms with Crippen LogP contribution in [0, 0.1) is 0 Å². The Bertz CT molecular complexity index is 1110. The number of carbonyl (C=O) groups is 2. The molecule has 170 valence electrons. The van der Waals surface area contributed by atoms with Gasteiger partial charge in [0.25, 0.3) is 5.91 Å². The molecule has 2 atom stereocenters. The number of urea groups is 1. The summed E-state index contributed by atoms with van der Waals surface area (Å²) in [6, 6.07) is 16.0. The monoisotopic (exact) mass is 507 g/mol. The van der Waals surface area contributed by atoms with E-state index < -0.39 is 6.04 Å². The van der Waals surface area contributed by atoms with E-state index in [9.17, 15) is 9.59 Å². The van der Waals surface area contributed by atoms with Gasteiger partial charge in [0.1, 0.15) is 6.04 Å². The third-order valence-electron chi connectivity index (χ3n) is 5.53. The van der Waals surface area contributed by atoms with Gasteiger partial charge in [-0.3, -0.25) is 4.79 Å². The lowest BCUT2D eigenvalue weighted by Crippen LogP contribution is -2.49. The molecule has 2 aliphatic rings. The van der Waals surface area contributed by atoms with E-state index in [2.05, 4.69) is 31.9 Å². The van der Waals surface area contributed by atoms with Crippen LogP contribution in [0.2, 0.25) is 0 Å². The molecule has 3 amide bonds. The Hall–Kier alpha value is -3.52. The number of nitrogens with zero attached hydrogens (tertiary/aromatic N) is 2. The summed E-state index contributed by atoms with van der Waals surface area (Å²) in [5.74, 6) is -0.170. The molecule has 33 heavy (non-hydrogen) atoms. The van der Waals surface area contributed by atoms with Crippen molar-refractivity contribution in [1.82, 2.24) is 25.8 Å². The van der Waals surface area contributed by atoms with Gasteiger partial charge in [-0.2, -0.15) is 0 Å². The Labute approximate surface area is 202 Å². The number of carbonyl (C=O) groups excluding carboxylic acids is 2. The SMILES string of the molecule is CN(C)C(=O)NC(C(=O)N1CC=C[C@H]1C1=CNC(c2ccc(Br)cc2)=CN1)c1ccccc1. The summed E-state index contributed by atoms with van der Waals surface area (Å²) in [6.07, 6.45) is 7.74. The number of benzene rings is 2. The maximum Gasteiger partial charge on any atom is 0.317 e. The van der Waals surface area contributed by atoms with Crippen LogP contribution in [0.5, 0.6) is 0 Å². The minimum atomic E-state index is -0.783. The van der Waals surface area contributed by atoms with Crippen molar-refractivity contribution in [2.45, 2.75) is 12.1 Å². The molecule has 4 rings (SSSR count). The fourth-order valence-corrected chi connectivity index (χ4v) is 4.00. The molecule has 2 aromatic carbocycles. The molecule has 2 heterocycles. The largest absolute Gasteiger partial charge is 0.360 e. The molecule has 8 heteroatoms. The third-order valence-corrected chi connectivity index (χ3v) is 6.06. The van der Waals surface area contributed by atoms with E-state index in [1.807, 2.05) is 79.1 Å². The van der Waals surface area contributed by atoms with Gasteiger partial charge in [0, 0.05) is 37.5 Å². The van der Waals surface area contributed by atoms with E-state index in [1.165, 1.54) is 4.90 Å². The van der Waals surface area contributed by atoms with Crippen LogP contribution in [0.3, 0.4) is 0 Å². The predicted octanol–water partition coefficient (Wildman–Crippen LogP) is 3.56. The Balaban J connectivity index is 1.51. The zero-order chi connectivity index (χ0) is 23.4. The van der Waals surface area contributed by atoms with Gasteiger partial charge in [-0.15, -0.1) is 0 Å². The standard InChI is InChI=1S/C25H26BrN5O2/c1-30(2)25(33)29-23(18-7-4-3-5-8-18)24(32)31-14-6-9-22(31)21-16-27-20(15-28-21)17-10-12-19(26)13-11-17/h3-13,15-16,22-23,27-28H,14H2,1-2H3,(H,29,33)/t22-,23?/m0/s1. The second kappa shape index (κ2) is 9.95. The van der Waals surface area contributed by atoms with Gasteiger partial charge in [0.05, 0.1) is 17.4 Å². The third kappa shape index (κ3) is 5.12. The van der Waals surface area contributed by atoms with Crippen LogP contribution in [0.4, 0.5) is 4.79 Å². The summed E-state index contributed by atoms with van der Waals surface area (Å²) < 4.78 is 1.02. The highest BCUT2D eigenvalue weighted by atomic mass is 79.9. The van der Waals surface area contributed by atoms with Crippen molar-refractivity contribution < 1.29 is 9.59 Å². The number of hydrogen-bond acceptors (Lipinski definition) is 4. The molecular weight excluding hydrogens is 482 g/mol. The van der Waals surface area contributed by atoms with Crippen molar-refractivity contribution in [1.29, 1.82) is 0 Å². The van der Waals surface area contributed by atoms with Gasteiger partial charge in [0.2, 0.25) is 0 Å². The van der Waals surface area contributed by atoms with Crippen molar-refractivity contribution in [3.8, 4) is 0 Å². The lowest BCUT2D eigenvalue weighted by Gasteiger charge is -2.32. The molecule has 0 saturated carbocycles. The number of hydrogen-bond donors (Lipinski definition) is 3. The molecule has 2 aliphatic heterocycles. The molecule has 0 aliphatic carbocycles. The highest BCUT2D eigenvalue weighted by molar-refractivity contribution is 9.10. The summed E-state index contributed by atoms with van der Waals surface area (Å²) in [7, 11) is 3.31. The minimum absolute atomic E-state index is 0.170. The number of nitrogens with one attached hydrogen (secondary N) is 3. The normalized spacial score (nSPS) is 17.9. The molecule has 0 radical (unpaired) electrons. The van der Waals surface area contributed by atoms with E-state index in [4.69, 9.17) is 0 Å². The van der Waals surface area contributed by atoms with E-state index in [0.29, 0.717) is 6.54 Å². The molecule has 7 nitrogen and oxygen atoms in total. The van der Waals surface area contributed by atoms with Gasteiger partial charge in [-0.1, -0.05) is 70.5 Å². The Morgan fingerprint density at radius 2 is 1.79 bits per heavy atom. The summed E-state index contributed by atoms with van der Waals surface area (Å²) in [4.78, 5) is 29.2. The topological polar surface area (TPSA) is 76.7 Å². The first kappa shape index (κ1) is 22.7. The molecule has 0 aromatic heterocycles. The Kier molecular flexibility index (Phi) is 6.84. The van der Waals surface area contributed by atoms with Crippen LogP contribution in [0.15, 0.2) is 89.3 Å². The van der Waals surface area contributed by atoms with Crippen LogP contribution < -0.4 is 16.0 Å². The maximum absolute atomic E-state index is 13.6. The van der Waals surface area contributed by atoms with Crippen LogP contribution in [-0.2, 0) is 4.79 Å². The van der Waals surface area contributed by atoms with Crippen molar-refractivity contribution in [3.63, 3.8) is 0 Å². The van der Waals surface area contributed by atoms with Crippen molar-refractivity contribution in [2.24, 2.45) is 0 Å². The summed E-state index contributed by atoms with van der Waals surface area (Å²) in [5.41, 5.74) is 3.58. The van der Waals surface area contributed by atoms with Crippen molar-refractivity contribution in [3.05, 3.63) is 100 Å². The Morgan fingerprint density at radius 1 is 1.06 bits per heavy atom. The summed E-state index contributed by atoms with van der Waals surface area (Å²) in [6.45, 7) is 0.465. The number of amides is 3. The molecule has 0 bridgehead atoms. The fourth-order valence-electron chi connectivity index (χ4n) is 3.73. The smallest absolute Gasteiger partial charge is 0.317 e. The molecule has 2 aromatic rings. The highest BCUT2D eigenvalue weighted by Crippen LogP contribution is 2.25. The fraction of sp³-hybridized carbons (Fsp3) is 0.200. The zero-order valence-electron chi connectivity index (χ0n) is 18.5. The molecule has 1 unspecified atom stereocenters. The highest BCUT2D eigenvalue weighted by Gasteiger charge is 2.34. The lowest BCUT2D eigenvalue weighted by atomic mass is 10.0. The van der Waals surface area contributed by atoms with Crippen LogP contribution in [0.25, 0.3) is 5.70 Å². The van der Waals surface area contributed by atoms with Gasteiger partial charge in [-0.05, 0) is 23.3 Å². The summed E-state index contributed by atoms with van der Waals surface area (Å²) >= 11 is 3.45. The van der Waals surface area contributed by atoms with E-state index in [1.54, 1.807) is 19.0 Å². The second-order valence-corrected chi connectivity index (χ2v) is 8.92. The second-order valence-electron chi connectivity index (χ2n) is 8.00. The van der Waals surface area contributed by atoms with Gasteiger partial charge < -0.3 is 25.8 Å². The average molecular weight is 508 g/mol. The van der Waals surface area contributed by atoms with Crippen LogP contribution >= 0.6 is 15.9 Å². The first-order valence-corrected chi connectivity index (χ1v) is 11.4. The van der Waals surface area contributed by atoms with Gasteiger partial charge in [-0.25, -0.2) is 4.79 Å². The van der Waals surface area contributed by atoms with Crippen molar-refractivity contribution in [2.75, 3.05) is 20.6 Å². The minimum Gasteiger partial charge on any atom is -0.360 e. The summed E-state index contributed by atoms with van der Waals surface area (Å²) in [5, 5.41) is 9.52. The van der Waals surface area contributed by atoms with Gasteiger partial charge in [0.15, 0.2) is 0 Å². The molecule has 0 spiro atoms. The number of rotatable bonds is 5. The van der Waals surface area contributed by atoms with E-state index >= 15 is 0 Å².